The fourth-order valence-corrected chi connectivity index (χ4v) is 2.19. The molecule has 0 spiro atoms. The van der Waals surface area contributed by atoms with Crippen molar-refractivity contribution in [1.82, 2.24) is 10.6 Å². The van der Waals surface area contributed by atoms with Crippen LogP contribution in [0.2, 0.25) is 0 Å². The maximum atomic E-state index is 11.7. The van der Waals surface area contributed by atoms with E-state index in [1.165, 1.54) is 12.2 Å². The molecule has 0 aliphatic carbocycles. The van der Waals surface area contributed by atoms with Crippen LogP contribution in [0.25, 0.3) is 12.2 Å². The molecule has 26 heavy (non-hydrogen) atoms. The average Bonchev–Trinajstić information content (AvgIpc) is 3.22. The third kappa shape index (κ3) is 7.25. The molecule has 0 saturated carbocycles. The van der Waals surface area contributed by atoms with Gasteiger partial charge < -0.3 is 19.5 Å². The summed E-state index contributed by atoms with van der Waals surface area (Å²) in [5, 5.41) is 5.58. The van der Waals surface area contributed by atoms with Crippen LogP contribution in [-0.4, -0.2) is 24.9 Å². The van der Waals surface area contributed by atoms with Gasteiger partial charge in [0.1, 0.15) is 23.0 Å². The molecule has 2 aromatic heterocycles. The van der Waals surface area contributed by atoms with Crippen LogP contribution in [-0.2, 0) is 9.59 Å². The predicted molar refractivity (Wildman–Crippen MR) is 100 cm³/mol. The molecule has 0 unspecified atom stereocenters. The largest absolute Gasteiger partial charge is 0.462 e. The van der Waals surface area contributed by atoms with Gasteiger partial charge in [-0.15, -0.1) is 0 Å². The van der Waals surface area contributed by atoms with Gasteiger partial charge >= 0.3 is 0 Å². The van der Waals surface area contributed by atoms with Crippen molar-refractivity contribution in [3.8, 4) is 0 Å². The third-order valence-electron chi connectivity index (χ3n) is 3.52. The molecule has 0 bridgehead atoms. The van der Waals surface area contributed by atoms with Crippen molar-refractivity contribution in [3.63, 3.8) is 0 Å². The van der Waals surface area contributed by atoms with Crippen molar-refractivity contribution in [1.29, 1.82) is 0 Å². The number of aryl methyl sites for hydroxylation is 2. The van der Waals surface area contributed by atoms with Gasteiger partial charge in [-0.2, -0.15) is 0 Å². The average molecular weight is 356 g/mol. The van der Waals surface area contributed by atoms with Crippen molar-refractivity contribution in [2.24, 2.45) is 0 Å². The van der Waals surface area contributed by atoms with Crippen molar-refractivity contribution < 1.29 is 18.4 Å². The van der Waals surface area contributed by atoms with Crippen LogP contribution in [0.3, 0.4) is 0 Å². The number of amides is 2. The standard InChI is InChI=1S/C20H24N2O4/c1-15-5-7-17(25-15)9-11-19(23)21-13-3-4-14-22-20(24)12-10-18-8-6-16(2)26-18/h5-12H,3-4,13-14H2,1-2H3,(H,21,23)(H,22,24). The minimum Gasteiger partial charge on any atom is -0.462 e. The molecular weight excluding hydrogens is 332 g/mol. The van der Waals surface area contributed by atoms with Gasteiger partial charge in [0, 0.05) is 25.2 Å². The molecule has 2 amide bonds. The zero-order valence-electron chi connectivity index (χ0n) is 15.1. The van der Waals surface area contributed by atoms with Gasteiger partial charge in [0.05, 0.1) is 0 Å². The Morgan fingerprint density at radius 1 is 0.808 bits per heavy atom. The molecule has 6 nitrogen and oxygen atoms in total. The van der Waals surface area contributed by atoms with Crippen molar-refractivity contribution in [3.05, 3.63) is 59.5 Å². The highest BCUT2D eigenvalue weighted by molar-refractivity contribution is 5.91. The highest BCUT2D eigenvalue weighted by atomic mass is 16.3. The Hall–Kier alpha value is -3.02. The summed E-state index contributed by atoms with van der Waals surface area (Å²) >= 11 is 0. The van der Waals surface area contributed by atoms with Crippen LogP contribution in [0.1, 0.15) is 35.9 Å². The first kappa shape index (κ1) is 19.3. The van der Waals surface area contributed by atoms with E-state index in [0.29, 0.717) is 24.6 Å². The smallest absolute Gasteiger partial charge is 0.244 e. The molecule has 0 radical (unpaired) electrons. The molecule has 0 saturated heterocycles. The highest BCUT2D eigenvalue weighted by Crippen LogP contribution is 2.08. The van der Waals surface area contributed by atoms with E-state index < -0.39 is 0 Å². The Kier molecular flexibility index (Phi) is 7.49. The number of hydrogen-bond donors (Lipinski definition) is 2. The van der Waals surface area contributed by atoms with Gasteiger partial charge in [-0.3, -0.25) is 9.59 Å². The summed E-state index contributed by atoms with van der Waals surface area (Å²) in [5.41, 5.74) is 0. The lowest BCUT2D eigenvalue weighted by Crippen LogP contribution is -2.25. The zero-order chi connectivity index (χ0) is 18.8. The molecule has 138 valence electrons. The van der Waals surface area contributed by atoms with Crippen LogP contribution >= 0.6 is 0 Å². The second-order valence-electron chi connectivity index (χ2n) is 5.85. The number of carbonyl (C=O) groups is 2. The second kappa shape index (κ2) is 10.1. The van der Waals surface area contributed by atoms with Gasteiger partial charge in [-0.1, -0.05) is 0 Å². The molecule has 0 aromatic carbocycles. The fraction of sp³-hybridized carbons (Fsp3) is 0.300. The number of rotatable bonds is 9. The lowest BCUT2D eigenvalue weighted by Gasteiger charge is -2.03. The first-order valence-electron chi connectivity index (χ1n) is 8.57. The number of nitrogens with one attached hydrogen (secondary N) is 2. The normalized spacial score (nSPS) is 11.3. The molecular formula is C20H24N2O4. The quantitative estimate of drug-likeness (QED) is 0.534. The van der Waals surface area contributed by atoms with E-state index in [2.05, 4.69) is 10.6 Å². The van der Waals surface area contributed by atoms with Crippen molar-refractivity contribution >= 4 is 24.0 Å². The third-order valence-corrected chi connectivity index (χ3v) is 3.52. The maximum Gasteiger partial charge on any atom is 0.244 e. The van der Waals surface area contributed by atoms with Crippen LogP contribution < -0.4 is 10.6 Å². The van der Waals surface area contributed by atoms with Gasteiger partial charge in [0.15, 0.2) is 0 Å². The lowest BCUT2D eigenvalue weighted by molar-refractivity contribution is -0.117. The van der Waals surface area contributed by atoms with Gasteiger partial charge in [-0.05, 0) is 63.1 Å². The van der Waals surface area contributed by atoms with Gasteiger partial charge in [-0.25, -0.2) is 0 Å². The molecule has 2 aromatic rings. The van der Waals surface area contributed by atoms with E-state index in [0.717, 1.165) is 24.4 Å². The van der Waals surface area contributed by atoms with E-state index in [1.807, 2.05) is 38.1 Å². The Morgan fingerprint density at radius 3 is 1.58 bits per heavy atom. The number of unbranched alkanes of at least 4 members (excludes halogenated alkanes) is 1. The minimum absolute atomic E-state index is 0.167. The second-order valence-corrected chi connectivity index (χ2v) is 5.85. The number of hydrogen-bond acceptors (Lipinski definition) is 4. The zero-order valence-corrected chi connectivity index (χ0v) is 15.1. The molecule has 0 aliphatic heterocycles. The van der Waals surface area contributed by atoms with E-state index in [4.69, 9.17) is 8.83 Å². The molecule has 6 heteroatoms. The summed E-state index contributed by atoms with van der Waals surface area (Å²) in [6.45, 7) is 4.81. The molecule has 0 aliphatic rings. The van der Waals surface area contributed by atoms with E-state index >= 15 is 0 Å². The summed E-state index contributed by atoms with van der Waals surface area (Å²) in [5.74, 6) is 2.58. The Bertz CT molecular complexity index is 717. The Balaban J connectivity index is 1.53. The molecule has 0 fully saturated rings. The molecule has 0 atom stereocenters. The summed E-state index contributed by atoms with van der Waals surface area (Å²) in [6.07, 6.45) is 7.72. The van der Waals surface area contributed by atoms with E-state index in [9.17, 15) is 9.59 Å². The number of furan rings is 2. The monoisotopic (exact) mass is 356 g/mol. The van der Waals surface area contributed by atoms with Gasteiger partial charge in [0.25, 0.3) is 0 Å². The van der Waals surface area contributed by atoms with Crippen LogP contribution in [0.15, 0.2) is 45.3 Å². The predicted octanol–water partition coefficient (Wildman–Crippen LogP) is 3.23. The summed E-state index contributed by atoms with van der Waals surface area (Å²) in [4.78, 5) is 23.3. The number of carbonyl (C=O) groups excluding carboxylic acids is 2. The lowest BCUT2D eigenvalue weighted by atomic mass is 10.3. The van der Waals surface area contributed by atoms with Gasteiger partial charge in [0.2, 0.25) is 11.8 Å². The van der Waals surface area contributed by atoms with Crippen molar-refractivity contribution in [2.45, 2.75) is 26.7 Å². The highest BCUT2D eigenvalue weighted by Gasteiger charge is 1.99. The van der Waals surface area contributed by atoms with E-state index in [1.54, 1.807) is 12.2 Å². The maximum absolute atomic E-state index is 11.7. The molecule has 2 rings (SSSR count). The van der Waals surface area contributed by atoms with Crippen molar-refractivity contribution in [2.75, 3.05) is 13.1 Å². The Morgan fingerprint density at radius 2 is 1.23 bits per heavy atom. The first-order valence-corrected chi connectivity index (χ1v) is 8.57. The minimum atomic E-state index is -0.167. The van der Waals surface area contributed by atoms with E-state index in [-0.39, 0.29) is 11.8 Å². The first-order chi connectivity index (χ1) is 12.5. The summed E-state index contributed by atoms with van der Waals surface area (Å²) < 4.78 is 10.7. The van der Waals surface area contributed by atoms with Crippen LogP contribution in [0.4, 0.5) is 0 Å². The molecule has 2 heterocycles. The SMILES string of the molecule is Cc1ccc(C=CC(=O)NCCCCNC(=O)C=Cc2ccc(C)o2)o1. The summed E-state index contributed by atoms with van der Waals surface area (Å²) in [6, 6.07) is 7.31. The molecule has 2 N–H and O–H groups in total. The summed E-state index contributed by atoms with van der Waals surface area (Å²) in [7, 11) is 0. The fourth-order valence-electron chi connectivity index (χ4n) is 2.19. The topological polar surface area (TPSA) is 84.5 Å². The van der Waals surface area contributed by atoms with Crippen LogP contribution in [0.5, 0.6) is 0 Å². The Labute approximate surface area is 153 Å². The van der Waals surface area contributed by atoms with Crippen LogP contribution in [0, 0.1) is 13.8 Å².